The molecule has 0 saturated carbocycles. The number of nitrogens with zero attached hydrogens (tertiary/aromatic N) is 1. The maximum atomic E-state index is 9.81. The fourth-order valence-electron chi connectivity index (χ4n) is 0.259. The summed E-state index contributed by atoms with van der Waals surface area (Å²) < 4.78 is 0. The highest BCUT2D eigenvalue weighted by atomic mass is 16.7. The first-order valence-corrected chi connectivity index (χ1v) is 2.01. The van der Waals surface area contributed by atoms with E-state index < -0.39 is 6.09 Å². The molecule has 1 fully saturated rings. The van der Waals surface area contributed by atoms with Crippen LogP contribution in [0.1, 0.15) is 0 Å². The zero-order valence-corrected chi connectivity index (χ0v) is 3.76. The van der Waals surface area contributed by atoms with Crippen molar-refractivity contribution in [1.82, 2.24) is 5.06 Å². The van der Waals surface area contributed by atoms with Gasteiger partial charge in [0, 0.05) is 0 Å². The molecule has 2 N–H and O–H groups in total. The average Bonchev–Trinajstić information content (AvgIpc) is 2.17. The highest BCUT2D eigenvalue weighted by Crippen LogP contribution is 2.01. The first-order valence-electron chi connectivity index (χ1n) is 2.01. The first-order chi connectivity index (χ1) is 3.29. The van der Waals surface area contributed by atoms with Crippen molar-refractivity contribution in [3.8, 4) is 0 Å². The van der Waals surface area contributed by atoms with E-state index in [9.17, 15) is 4.79 Å². The number of hydrogen-bond donors (Lipinski definition) is 1. The van der Waals surface area contributed by atoms with E-state index in [1.165, 1.54) is 5.06 Å². The number of rotatable bonds is 1. The van der Waals surface area contributed by atoms with Crippen LogP contribution in [0.25, 0.3) is 0 Å². The van der Waals surface area contributed by atoms with Crippen LogP contribution in [0.15, 0.2) is 0 Å². The molecule has 1 aliphatic heterocycles. The van der Waals surface area contributed by atoms with Crippen molar-refractivity contribution >= 4 is 6.09 Å². The van der Waals surface area contributed by atoms with Crippen LogP contribution in [0.2, 0.25) is 0 Å². The van der Waals surface area contributed by atoms with Crippen LogP contribution in [0.4, 0.5) is 4.79 Å². The van der Waals surface area contributed by atoms with E-state index in [-0.39, 0.29) is 0 Å². The first kappa shape index (κ1) is 4.39. The van der Waals surface area contributed by atoms with Gasteiger partial charge in [0.05, 0.1) is 13.1 Å². The van der Waals surface area contributed by atoms with E-state index in [1.54, 1.807) is 0 Å². The maximum Gasteiger partial charge on any atom is 0.423 e. The number of primary amides is 1. The normalized spacial score (nSPS) is 18.9. The number of nitrogens with two attached hydrogens (primary N) is 1. The Labute approximate surface area is 40.8 Å². The molecule has 0 aromatic rings. The van der Waals surface area contributed by atoms with Gasteiger partial charge < -0.3 is 10.6 Å². The minimum Gasteiger partial charge on any atom is -0.351 e. The number of carbonyl (C=O) groups excluding carboxylic acids is 1. The zero-order chi connectivity index (χ0) is 5.28. The molecule has 0 aromatic carbocycles. The van der Waals surface area contributed by atoms with Gasteiger partial charge in [-0.2, -0.15) is 0 Å². The summed E-state index contributed by atoms with van der Waals surface area (Å²) in [6.45, 7) is 1.64. The maximum absolute atomic E-state index is 9.81. The van der Waals surface area contributed by atoms with Crippen molar-refractivity contribution in [3.63, 3.8) is 0 Å². The van der Waals surface area contributed by atoms with Crippen LogP contribution < -0.4 is 5.73 Å². The fourth-order valence-corrected chi connectivity index (χ4v) is 0.259. The number of amides is 1. The molecule has 1 amide bonds. The summed E-state index contributed by atoms with van der Waals surface area (Å²) in [7, 11) is 0. The highest BCUT2D eigenvalue weighted by molar-refractivity contribution is 5.64. The van der Waals surface area contributed by atoms with E-state index in [1.807, 2.05) is 0 Å². The van der Waals surface area contributed by atoms with Crippen molar-refractivity contribution in [3.05, 3.63) is 0 Å². The van der Waals surface area contributed by atoms with E-state index in [0.717, 1.165) is 13.1 Å². The Morgan fingerprint density at radius 1 is 1.71 bits per heavy atom. The van der Waals surface area contributed by atoms with Crippen LogP contribution >= 0.6 is 0 Å². The van der Waals surface area contributed by atoms with Crippen molar-refractivity contribution in [2.45, 2.75) is 0 Å². The molecule has 1 saturated heterocycles. The Balaban J connectivity index is 2.08. The van der Waals surface area contributed by atoms with Gasteiger partial charge in [0.25, 0.3) is 0 Å². The predicted octanol–water partition coefficient (Wildman–Crippen LogP) is -0.688. The lowest BCUT2D eigenvalue weighted by molar-refractivity contribution is 0.00786. The third-order valence-electron chi connectivity index (χ3n) is 0.625. The second-order valence-corrected chi connectivity index (χ2v) is 1.34. The molecular weight excluding hydrogens is 96.0 g/mol. The lowest BCUT2D eigenvalue weighted by atomic mass is 11.0. The van der Waals surface area contributed by atoms with Crippen molar-refractivity contribution < 1.29 is 9.63 Å². The molecule has 0 atom stereocenters. The largest absolute Gasteiger partial charge is 0.423 e. The number of carbonyl (C=O) groups is 1. The lowest BCUT2D eigenvalue weighted by Gasteiger charge is -1.93. The molecule has 4 heteroatoms. The zero-order valence-electron chi connectivity index (χ0n) is 3.76. The predicted molar refractivity (Wildman–Crippen MR) is 22.2 cm³/mol. The molecule has 4 nitrogen and oxygen atoms in total. The van der Waals surface area contributed by atoms with Crippen LogP contribution in [0, 0.1) is 0 Å². The van der Waals surface area contributed by atoms with Gasteiger partial charge in [0.1, 0.15) is 0 Å². The third kappa shape index (κ3) is 1.41. The van der Waals surface area contributed by atoms with Gasteiger partial charge in [-0.3, -0.25) is 0 Å². The molecular formula is C3H6N2O2. The van der Waals surface area contributed by atoms with Crippen LogP contribution in [-0.4, -0.2) is 24.2 Å². The van der Waals surface area contributed by atoms with Gasteiger partial charge in [0.2, 0.25) is 0 Å². The quantitative estimate of drug-likeness (QED) is 0.446. The summed E-state index contributed by atoms with van der Waals surface area (Å²) in [6, 6.07) is 0. The average molecular weight is 102 g/mol. The summed E-state index contributed by atoms with van der Waals surface area (Å²) in [6.07, 6.45) is -0.725. The van der Waals surface area contributed by atoms with Crippen molar-refractivity contribution in [1.29, 1.82) is 0 Å². The second-order valence-electron chi connectivity index (χ2n) is 1.34. The fraction of sp³-hybridized carbons (Fsp3) is 0.667. The van der Waals surface area contributed by atoms with E-state index in [4.69, 9.17) is 0 Å². The smallest absolute Gasteiger partial charge is 0.351 e. The summed E-state index contributed by atoms with van der Waals surface area (Å²) in [5, 5.41) is 1.47. The monoisotopic (exact) mass is 102 g/mol. The highest BCUT2D eigenvalue weighted by Gasteiger charge is 2.20. The molecule has 7 heavy (non-hydrogen) atoms. The molecule has 1 rings (SSSR count). The topological polar surface area (TPSA) is 55.3 Å². The summed E-state index contributed by atoms with van der Waals surface area (Å²) >= 11 is 0. The molecule has 0 spiro atoms. The lowest BCUT2D eigenvalue weighted by Crippen LogP contribution is -2.16. The van der Waals surface area contributed by atoms with Gasteiger partial charge in [-0.25, -0.2) is 4.79 Å². The minimum absolute atomic E-state index is 0.725. The molecule has 1 aliphatic rings. The Morgan fingerprint density at radius 2 is 2.29 bits per heavy atom. The van der Waals surface area contributed by atoms with Crippen molar-refractivity contribution in [2.24, 2.45) is 5.73 Å². The third-order valence-corrected chi connectivity index (χ3v) is 0.625. The summed E-state index contributed by atoms with van der Waals surface area (Å²) in [5.74, 6) is 0. The Morgan fingerprint density at radius 3 is 2.43 bits per heavy atom. The minimum atomic E-state index is -0.725. The van der Waals surface area contributed by atoms with Gasteiger partial charge in [-0.15, -0.1) is 5.06 Å². The van der Waals surface area contributed by atoms with E-state index in [2.05, 4.69) is 10.6 Å². The molecule has 0 unspecified atom stereocenters. The Hall–Kier alpha value is -0.770. The number of hydrogen-bond acceptors (Lipinski definition) is 3. The standard InChI is InChI=1S/C3H6N2O2/c4-3(6)7-5-1-2-5/h1-2H2,(H2,4,6). The van der Waals surface area contributed by atoms with Gasteiger partial charge >= 0.3 is 6.09 Å². The summed E-state index contributed by atoms with van der Waals surface area (Å²) in [5.41, 5.74) is 4.63. The van der Waals surface area contributed by atoms with Gasteiger partial charge in [0.15, 0.2) is 0 Å². The molecule has 0 radical (unpaired) electrons. The van der Waals surface area contributed by atoms with Crippen LogP contribution in [-0.2, 0) is 4.84 Å². The van der Waals surface area contributed by atoms with Crippen LogP contribution in [0.3, 0.4) is 0 Å². The molecule has 1 heterocycles. The van der Waals surface area contributed by atoms with Gasteiger partial charge in [-0.05, 0) is 0 Å². The number of hydroxylamine groups is 2. The summed E-state index contributed by atoms with van der Waals surface area (Å²) in [4.78, 5) is 14.1. The van der Waals surface area contributed by atoms with E-state index >= 15 is 0 Å². The molecule has 0 bridgehead atoms. The Bertz CT molecular complexity index is 88.9. The Kier molecular flexibility index (Phi) is 0.867. The molecule has 40 valence electrons. The van der Waals surface area contributed by atoms with E-state index in [0.29, 0.717) is 0 Å². The SMILES string of the molecule is NC(=O)ON1CC1. The second kappa shape index (κ2) is 1.38. The van der Waals surface area contributed by atoms with Gasteiger partial charge in [-0.1, -0.05) is 0 Å². The van der Waals surface area contributed by atoms with Crippen molar-refractivity contribution in [2.75, 3.05) is 13.1 Å². The molecule has 0 aromatic heterocycles. The molecule has 0 aliphatic carbocycles. The van der Waals surface area contributed by atoms with Crippen LogP contribution in [0.5, 0.6) is 0 Å².